The van der Waals surface area contributed by atoms with E-state index in [1.165, 1.54) is 0 Å². The largest absolute Gasteiger partial charge is 0.370 e. The van der Waals surface area contributed by atoms with Gasteiger partial charge in [0.2, 0.25) is 11.8 Å². The maximum atomic E-state index is 12.6. The Labute approximate surface area is 161 Å². The number of aldehydes is 1. The molecule has 0 rings (SSSR count). The monoisotopic (exact) mass is 384 g/mol. The normalized spacial score (nSPS) is 14.3. The third-order valence-electron chi connectivity index (χ3n) is 3.86. The van der Waals surface area contributed by atoms with Gasteiger partial charge in [-0.25, -0.2) is 0 Å². The van der Waals surface area contributed by atoms with Crippen LogP contribution < -0.4 is 27.8 Å². The molecule has 0 saturated heterocycles. The molecule has 27 heavy (non-hydrogen) atoms. The number of nitrogens with two attached hydrogens (primary N) is 3. The van der Waals surface area contributed by atoms with Gasteiger partial charge in [-0.15, -0.1) is 0 Å². The number of carbonyl (C=O) groups excluding carboxylic acids is 3. The van der Waals surface area contributed by atoms with Crippen LogP contribution in [0.25, 0.3) is 0 Å². The summed E-state index contributed by atoms with van der Waals surface area (Å²) in [4.78, 5) is 40.0. The Balaban J connectivity index is 4.81. The summed E-state index contributed by atoms with van der Waals surface area (Å²) in [6, 6.07) is -2.08. The number of rotatable bonds is 13. The predicted octanol–water partition coefficient (Wildman–Crippen LogP) is -0.372. The van der Waals surface area contributed by atoms with Gasteiger partial charge in [-0.05, 0) is 37.5 Å². The summed E-state index contributed by atoms with van der Waals surface area (Å²) < 4.78 is 0. The van der Waals surface area contributed by atoms with Gasteiger partial charge in [-0.3, -0.25) is 14.6 Å². The number of nitrogens with one attached hydrogen (secondary N) is 2. The smallest absolute Gasteiger partial charge is 0.243 e. The molecule has 2 amide bonds. The van der Waals surface area contributed by atoms with E-state index >= 15 is 0 Å². The van der Waals surface area contributed by atoms with E-state index < -0.39 is 24.0 Å². The lowest BCUT2D eigenvalue weighted by Crippen LogP contribution is -2.54. The Bertz CT molecular complexity index is 503. The summed E-state index contributed by atoms with van der Waals surface area (Å²) >= 11 is 0. The van der Waals surface area contributed by atoms with Crippen molar-refractivity contribution in [3.05, 3.63) is 0 Å². The summed E-state index contributed by atoms with van der Waals surface area (Å²) in [5.74, 6) is -0.321. The summed E-state index contributed by atoms with van der Waals surface area (Å²) in [6.45, 7) is 8.23. The molecule has 0 aliphatic rings. The first-order valence-corrected chi connectivity index (χ1v) is 9.43. The number of guanidine groups is 1. The van der Waals surface area contributed by atoms with Gasteiger partial charge in [0.05, 0.1) is 12.1 Å². The highest BCUT2D eigenvalue weighted by Crippen LogP contribution is 2.08. The van der Waals surface area contributed by atoms with E-state index in [-0.39, 0.29) is 23.7 Å². The molecule has 0 aliphatic carbocycles. The molecule has 0 spiro atoms. The molecule has 0 aromatic carbocycles. The molecular formula is C18H36N6O3. The first-order valence-electron chi connectivity index (χ1n) is 9.43. The minimum Gasteiger partial charge on any atom is -0.370 e. The molecular weight excluding hydrogens is 348 g/mol. The molecule has 0 bridgehead atoms. The minimum absolute atomic E-state index is 0.0147. The van der Waals surface area contributed by atoms with Crippen molar-refractivity contribution in [3.63, 3.8) is 0 Å². The number of carbonyl (C=O) groups is 3. The lowest BCUT2D eigenvalue weighted by Gasteiger charge is -2.24. The van der Waals surface area contributed by atoms with Crippen molar-refractivity contribution in [3.8, 4) is 0 Å². The average Bonchev–Trinajstić information content (AvgIpc) is 2.55. The summed E-state index contributed by atoms with van der Waals surface area (Å²) in [6.07, 6.45) is 2.60. The number of nitrogens with zero attached hydrogens (tertiary/aromatic N) is 1. The molecule has 0 saturated carbocycles. The quantitative estimate of drug-likeness (QED) is 0.126. The molecule has 9 heteroatoms. The number of aliphatic imine (C=N–C) groups is 1. The van der Waals surface area contributed by atoms with Crippen LogP contribution in [-0.4, -0.2) is 48.7 Å². The van der Waals surface area contributed by atoms with Gasteiger partial charge in [-0.2, -0.15) is 0 Å². The first kappa shape index (κ1) is 24.8. The number of hydrogen-bond donors (Lipinski definition) is 5. The van der Waals surface area contributed by atoms with Crippen molar-refractivity contribution in [1.82, 2.24) is 10.6 Å². The highest BCUT2D eigenvalue weighted by atomic mass is 16.2. The lowest BCUT2D eigenvalue weighted by atomic mass is 10.00. The Morgan fingerprint density at radius 3 is 2.07 bits per heavy atom. The highest BCUT2D eigenvalue weighted by Gasteiger charge is 2.26. The van der Waals surface area contributed by atoms with Crippen molar-refractivity contribution in [2.45, 2.75) is 71.5 Å². The van der Waals surface area contributed by atoms with Gasteiger partial charge in [-0.1, -0.05) is 27.7 Å². The Morgan fingerprint density at radius 2 is 1.59 bits per heavy atom. The summed E-state index contributed by atoms with van der Waals surface area (Å²) in [5.41, 5.74) is 16.4. The van der Waals surface area contributed by atoms with E-state index in [4.69, 9.17) is 17.2 Å². The van der Waals surface area contributed by atoms with Gasteiger partial charge < -0.3 is 32.6 Å². The zero-order valence-corrected chi connectivity index (χ0v) is 16.9. The van der Waals surface area contributed by atoms with Crippen molar-refractivity contribution in [1.29, 1.82) is 0 Å². The van der Waals surface area contributed by atoms with Crippen LogP contribution >= 0.6 is 0 Å². The van der Waals surface area contributed by atoms with Crippen LogP contribution in [0.3, 0.4) is 0 Å². The number of amides is 2. The van der Waals surface area contributed by atoms with Crippen molar-refractivity contribution in [2.75, 3.05) is 6.54 Å². The van der Waals surface area contributed by atoms with E-state index in [2.05, 4.69) is 15.6 Å². The molecule has 0 radical (unpaired) electrons. The standard InChI is InChI=1S/C18H36N6O3/c1-11(2)8-14(19)16(26)24-15(9-12(3)4)17(27)23-13(10-25)6-5-7-22-18(20)21/h10-15H,5-9,19H2,1-4H3,(H,23,27)(H,24,26)(H4,20,21,22)/t13-,14-,15-/m0/s1. The van der Waals surface area contributed by atoms with E-state index in [9.17, 15) is 14.4 Å². The fourth-order valence-electron chi connectivity index (χ4n) is 2.57. The van der Waals surface area contributed by atoms with E-state index in [1.54, 1.807) is 0 Å². The van der Waals surface area contributed by atoms with Crippen LogP contribution in [0.5, 0.6) is 0 Å². The van der Waals surface area contributed by atoms with E-state index in [0.717, 1.165) is 0 Å². The van der Waals surface area contributed by atoms with Crippen molar-refractivity contribution < 1.29 is 14.4 Å². The van der Waals surface area contributed by atoms with Crippen LogP contribution in [0.15, 0.2) is 4.99 Å². The fourth-order valence-corrected chi connectivity index (χ4v) is 2.57. The molecule has 0 heterocycles. The second-order valence-electron chi connectivity index (χ2n) is 7.63. The second-order valence-corrected chi connectivity index (χ2v) is 7.63. The third kappa shape index (κ3) is 12.0. The Kier molecular flexibility index (Phi) is 12.0. The second kappa shape index (κ2) is 13.1. The average molecular weight is 385 g/mol. The van der Waals surface area contributed by atoms with Gasteiger partial charge in [0.1, 0.15) is 12.3 Å². The van der Waals surface area contributed by atoms with Crippen molar-refractivity contribution >= 4 is 24.1 Å². The van der Waals surface area contributed by atoms with Crippen LogP contribution in [0, 0.1) is 11.8 Å². The van der Waals surface area contributed by atoms with E-state index in [0.29, 0.717) is 38.5 Å². The lowest BCUT2D eigenvalue weighted by molar-refractivity contribution is -0.131. The molecule has 0 aromatic rings. The molecule has 0 unspecified atom stereocenters. The van der Waals surface area contributed by atoms with Crippen LogP contribution in [-0.2, 0) is 14.4 Å². The van der Waals surface area contributed by atoms with Gasteiger partial charge in [0.25, 0.3) is 0 Å². The van der Waals surface area contributed by atoms with E-state index in [1.807, 2.05) is 27.7 Å². The van der Waals surface area contributed by atoms with Gasteiger partial charge in [0.15, 0.2) is 5.96 Å². The predicted molar refractivity (Wildman–Crippen MR) is 107 cm³/mol. The molecule has 8 N–H and O–H groups in total. The molecule has 0 aromatic heterocycles. The van der Waals surface area contributed by atoms with Crippen LogP contribution in [0.4, 0.5) is 0 Å². The Morgan fingerprint density at radius 1 is 1.00 bits per heavy atom. The zero-order valence-electron chi connectivity index (χ0n) is 16.9. The topological polar surface area (TPSA) is 166 Å². The third-order valence-corrected chi connectivity index (χ3v) is 3.86. The summed E-state index contributed by atoms with van der Waals surface area (Å²) in [7, 11) is 0. The van der Waals surface area contributed by atoms with Crippen molar-refractivity contribution in [2.24, 2.45) is 34.0 Å². The molecule has 0 fully saturated rings. The first-order chi connectivity index (χ1) is 12.6. The summed E-state index contributed by atoms with van der Waals surface area (Å²) in [5, 5.41) is 5.39. The molecule has 156 valence electrons. The fraction of sp³-hybridized carbons (Fsp3) is 0.778. The molecule has 0 aliphatic heterocycles. The molecule has 3 atom stereocenters. The van der Waals surface area contributed by atoms with Gasteiger partial charge in [0, 0.05) is 6.54 Å². The zero-order chi connectivity index (χ0) is 21.0. The maximum Gasteiger partial charge on any atom is 0.243 e. The molecule has 9 nitrogen and oxygen atoms in total. The van der Waals surface area contributed by atoms with Crippen LogP contribution in [0.1, 0.15) is 53.4 Å². The van der Waals surface area contributed by atoms with Gasteiger partial charge >= 0.3 is 0 Å². The maximum absolute atomic E-state index is 12.6. The Hall–Kier alpha value is -2.16. The number of hydrogen-bond acceptors (Lipinski definition) is 5. The van der Waals surface area contributed by atoms with Crippen LogP contribution in [0.2, 0.25) is 0 Å². The highest BCUT2D eigenvalue weighted by molar-refractivity contribution is 5.90. The SMILES string of the molecule is CC(C)C[C@H](NC(=O)[C@@H](N)CC(C)C)C(=O)N[C@H](C=O)CCCN=C(N)N. The minimum atomic E-state index is -0.740.